The second-order valence-corrected chi connectivity index (χ2v) is 9.61. The van der Waals surface area contributed by atoms with Gasteiger partial charge in [0.25, 0.3) is 0 Å². The van der Waals surface area contributed by atoms with Gasteiger partial charge in [-0.2, -0.15) is 0 Å². The molecule has 3 aliphatic carbocycles. The number of nitrogens with one attached hydrogen (secondary N) is 2. The molecule has 1 saturated heterocycles. The van der Waals surface area contributed by atoms with Gasteiger partial charge < -0.3 is 9.80 Å². The van der Waals surface area contributed by atoms with Crippen molar-refractivity contribution in [1.29, 1.82) is 0 Å². The number of allylic oxidation sites excluding steroid dienone is 2. The summed E-state index contributed by atoms with van der Waals surface area (Å²) in [6.07, 6.45) is 13.7. The van der Waals surface area contributed by atoms with E-state index in [1.54, 1.807) is 5.56 Å². The molecule has 0 aromatic heterocycles. The Balaban J connectivity index is 1.07. The van der Waals surface area contributed by atoms with Crippen molar-refractivity contribution in [3.8, 4) is 0 Å². The van der Waals surface area contributed by atoms with Crippen LogP contribution in [0.3, 0.4) is 0 Å². The van der Waals surface area contributed by atoms with Gasteiger partial charge in [0.2, 0.25) is 0 Å². The van der Waals surface area contributed by atoms with E-state index in [2.05, 4.69) is 42.5 Å². The molecule has 3 atom stereocenters. The molecule has 1 aromatic rings. The lowest BCUT2D eigenvalue weighted by Gasteiger charge is -2.38. The molecule has 140 valence electrons. The quantitative estimate of drug-likeness (QED) is 0.764. The van der Waals surface area contributed by atoms with Crippen molar-refractivity contribution < 1.29 is 9.80 Å². The molecule has 0 amide bonds. The van der Waals surface area contributed by atoms with E-state index in [1.165, 1.54) is 71.2 Å². The van der Waals surface area contributed by atoms with Crippen LogP contribution in [0.15, 0.2) is 42.5 Å². The number of rotatable bonds is 4. The van der Waals surface area contributed by atoms with Crippen LogP contribution in [-0.4, -0.2) is 38.8 Å². The van der Waals surface area contributed by atoms with Crippen molar-refractivity contribution in [2.75, 3.05) is 32.7 Å². The molecule has 1 heterocycles. The third-order valence-corrected chi connectivity index (χ3v) is 8.14. The van der Waals surface area contributed by atoms with E-state index >= 15 is 0 Å². The predicted molar refractivity (Wildman–Crippen MR) is 107 cm³/mol. The summed E-state index contributed by atoms with van der Waals surface area (Å²) in [4.78, 5) is 3.85. The molecule has 2 saturated carbocycles. The Hall–Kier alpha value is -1.12. The van der Waals surface area contributed by atoms with Gasteiger partial charge in [-0.05, 0) is 61.8 Å². The lowest BCUT2D eigenvalue weighted by Crippen LogP contribution is -3.29. The lowest BCUT2D eigenvalue weighted by atomic mass is 9.81. The van der Waals surface area contributed by atoms with Gasteiger partial charge in [-0.1, -0.05) is 42.5 Å². The van der Waals surface area contributed by atoms with Crippen LogP contribution in [0, 0.1) is 17.8 Å². The number of hydrogen-bond acceptors (Lipinski definition) is 0. The molecule has 1 aliphatic heterocycles. The summed E-state index contributed by atoms with van der Waals surface area (Å²) in [7, 11) is 0. The highest BCUT2D eigenvalue weighted by Gasteiger charge is 2.39. The summed E-state index contributed by atoms with van der Waals surface area (Å²) in [6, 6.07) is 12.2. The number of benzene rings is 1. The smallest absolute Gasteiger partial charge is 0.127 e. The van der Waals surface area contributed by atoms with Crippen LogP contribution < -0.4 is 9.80 Å². The summed E-state index contributed by atoms with van der Waals surface area (Å²) in [6.45, 7) is 7.15. The van der Waals surface area contributed by atoms with Crippen molar-refractivity contribution >= 4 is 0 Å². The Morgan fingerprint density at radius 1 is 0.808 bits per heavy atom. The highest BCUT2D eigenvalue weighted by atomic mass is 15.3. The average molecular weight is 353 g/mol. The first-order valence-electron chi connectivity index (χ1n) is 11.3. The average Bonchev–Trinajstić information content (AvgIpc) is 3.33. The third-order valence-electron chi connectivity index (χ3n) is 8.14. The molecule has 0 spiro atoms. The monoisotopic (exact) mass is 352 g/mol. The number of quaternary nitrogens is 2. The molecule has 4 aliphatic rings. The zero-order valence-corrected chi connectivity index (χ0v) is 16.2. The highest BCUT2D eigenvalue weighted by molar-refractivity contribution is 5.19. The molecule has 26 heavy (non-hydrogen) atoms. The fourth-order valence-corrected chi connectivity index (χ4v) is 6.60. The Kier molecular flexibility index (Phi) is 4.89. The van der Waals surface area contributed by atoms with E-state index in [1.807, 2.05) is 9.80 Å². The molecule has 2 nitrogen and oxygen atoms in total. The molecular formula is C24H36N2+2. The molecule has 5 rings (SSSR count). The summed E-state index contributed by atoms with van der Waals surface area (Å²) in [5, 5.41) is 0. The normalized spacial score (nSPS) is 42.2. The molecule has 3 fully saturated rings. The first-order chi connectivity index (χ1) is 12.8. The van der Waals surface area contributed by atoms with Gasteiger partial charge in [0, 0.05) is 5.92 Å². The van der Waals surface area contributed by atoms with Crippen molar-refractivity contribution in [2.24, 2.45) is 17.8 Å². The summed E-state index contributed by atoms with van der Waals surface area (Å²) < 4.78 is 0. The lowest BCUT2D eigenvalue weighted by molar-refractivity contribution is -1.03. The molecule has 2 bridgehead atoms. The van der Waals surface area contributed by atoms with Crippen LogP contribution in [0.25, 0.3) is 0 Å². The molecule has 0 unspecified atom stereocenters. The van der Waals surface area contributed by atoms with E-state index in [0.29, 0.717) is 0 Å². The van der Waals surface area contributed by atoms with E-state index in [9.17, 15) is 0 Å². The Morgan fingerprint density at radius 2 is 1.58 bits per heavy atom. The maximum Gasteiger partial charge on any atom is 0.127 e. The Bertz CT molecular complexity index is 608. The fraction of sp³-hybridized carbons (Fsp3) is 0.667. The first-order valence-corrected chi connectivity index (χ1v) is 11.3. The van der Waals surface area contributed by atoms with Crippen LogP contribution in [0.5, 0.6) is 0 Å². The van der Waals surface area contributed by atoms with Gasteiger partial charge >= 0.3 is 0 Å². The molecule has 2 N–H and O–H groups in total. The summed E-state index contributed by atoms with van der Waals surface area (Å²) >= 11 is 0. The zero-order chi connectivity index (χ0) is 17.3. The predicted octanol–water partition coefficient (Wildman–Crippen LogP) is 1.71. The Labute approximate surface area is 159 Å². The number of fused-ring (bicyclic) bond motifs is 2. The van der Waals surface area contributed by atoms with Crippen LogP contribution in [-0.2, 0) is 0 Å². The minimum absolute atomic E-state index is 0.824. The maximum atomic E-state index is 2.53. The standard InChI is InChI=1S/C24H34N2/c1-2-4-20(5-3-1)21-8-10-24(11-9-21)26-14-12-25(13-15-26)18-23-17-19-6-7-22(23)16-19/h1-7,19,21-24H,8-18H2/p+2/t19-,21?,22-,23+,24?/m0/s1. The third kappa shape index (κ3) is 3.51. The second-order valence-electron chi connectivity index (χ2n) is 9.61. The van der Waals surface area contributed by atoms with Gasteiger partial charge in [0.1, 0.15) is 26.2 Å². The van der Waals surface area contributed by atoms with Crippen LogP contribution in [0.2, 0.25) is 0 Å². The van der Waals surface area contributed by atoms with Crippen molar-refractivity contribution in [3.05, 3.63) is 48.0 Å². The molecule has 2 heteroatoms. The molecule has 1 aromatic carbocycles. The summed E-state index contributed by atoms with van der Waals surface area (Å²) in [5.41, 5.74) is 1.58. The van der Waals surface area contributed by atoms with Gasteiger partial charge in [0.05, 0.1) is 12.6 Å². The minimum atomic E-state index is 0.824. The van der Waals surface area contributed by atoms with E-state index in [4.69, 9.17) is 0 Å². The van der Waals surface area contributed by atoms with Gasteiger partial charge in [0.15, 0.2) is 0 Å². The second kappa shape index (κ2) is 7.48. The topological polar surface area (TPSA) is 8.88 Å². The minimum Gasteiger partial charge on any atom is -0.325 e. The summed E-state index contributed by atoms with van der Waals surface area (Å²) in [5.74, 6) is 3.70. The fourth-order valence-electron chi connectivity index (χ4n) is 6.60. The van der Waals surface area contributed by atoms with Gasteiger partial charge in [-0.15, -0.1) is 0 Å². The van der Waals surface area contributed by atoms with Crippen molar-refractivity contribution in [3.63, 3.8) is 0 Å². The maximum absolute atomic E-state index is 2.53. The van der Waals surface area contributed by atoms with Gasteiger partial charge in [-0.3, -0.25) is 0 Å². The van der Waals surface area contributed by atoms with Crippen LogP contribution >= 0.6 is 0 Å². The van der Waals surface area contributed by atoms with E-state index in [0.717, 1.165) is 29.7 Å². The van der Waals surface area contributed by atoms with E-state index in [-0.39, 0.29) is 0 Å². The van der Waals surface area contributed by atoms with Crippen LogP contribution in [0.4, 0.5) is 0 Å². The number of piperazine rings is 1. The SMILES string of the molecule is C1=C[C@H]2C[C@H]1C[C@@H]2C[NH+]1CC[NH+](C2CCC(c3ccccc3)CC2)CC1. The first kappa shape index (κ1) is 17.0. The highest BCUT2D eigenvalue weighted by Crippen LogP contribution is 2.42. The molecule has 0 radical (unpaired) electrons. The largest absolute Gasteiger partial charge is 0.325 e. The number of hydrogen-bond donors (Lipinski definition) is 2. The van der Waals surface area contributed by atoms with Crippen LogP contribution in [0.1, 0.15) is 50.0 Å². The molecular weight excluding hydrogens is 316 g/mol. The van der Waals surface area contributed by atoms with E-state index < -0.39 is 0 Å². The Morgan fingerprint density at radius 3 is 2.23 bits per heavy atom. The van der Waals surface area contributed by atoms with Gasteiger partial charge in [-0.25, -0.2) is 0 Å². The zero-order valence-electron chi connectivity index (χ0n) is 16.2. The van der Waals surface area contributed by atoms with Crippen molar-refractivity contribution in [2.45, 2.75) is 50.5 Å². The van der Waals surface area contributed by atoms with Crippen molar-refractivity contribution in [1.82, 2.24) is 0 Å².